The highest BCUT2D eigenvalue weighted by Gasteiger charge is 2.19. The second-order valence-electron chi connectivity index (χ2n) is 3.11. The molecule has 0 bridgehead atoms. The van der Waals surface area contributed by atoms with Gasteiger partial charge in [0.2, 0.25) is 5.91 Å². The van der Waals surface area contributed by atoms with Crippen molar-refractivity contribution >= 4 is 12.1 Å². The molecule has 1 saturated heterocycles. The minimum Gasteiger partial charge on any atom is -0.356 e. The first-order valence-electron chi connectivity index (χ1n) is 4.78. The van der Waals surface area contributed by atoms with E-state index in [0.717, 1.165) is 13.0 Å². The Labute approximate surface area is 89.3 Å². The van der Waals surface area contributed by atoms with Gasteiger partial charge >= 0.3 is 0 Å². The van der Waals surface area contributed by atoms with Crippen molar-refractivity contribution in [3.8, 4) is 0 Å². The second-order valence-corrected chi connectivity index (χ2v) is 3.11. The summed E-state index contributed by atoms with van der Waals surface area (Å²) in [4.78, 5) is 14.4. The lowest BCUT2D eigenvalue weighted by atomic mass is 10.1. The van der Waals surface area contributed by atoms with Crippen molar-refractivity contribution in [2.75, 3.05) is 6.54 Å². The molecule has 0 spiro atoms. The van der Waals surface area contributed by atoms with Gasteiger partial charge in [-0.1, -0.05) is 12.7 Å². The van der Waals surface area contributed by atoms with E-state index in [1.165, 1.54) is 0 Å². The summed E-state index contributed by atoms with van der Waals surface area (Å²) in [5, 5.41) is 2.71. The SMILES string of the molecule is C=CC1CCNC1=O.C=Cn1ccnc1. The highest BCUT2D eigenvalue weighted by molar-refractivity contribution is 5.82. The second kappa shape index (κ2) is 5.80. The van der Waals surface area contributed by atoms with E-state index in [9.17, 15) is 4.79 Å². The average Bonchev–Trinajstić information content (AvgIpc) is 2.88. The van der Waals surface area contributed by atoms with Crippen LogP contribution in [-0.4, -0.2) is 22.0 Å². The quantitative estimate of drug-likeness (QED) is 0.739. The Hall–Kier alpha value is -1.84. The van der Waals surface area contributed by atoms with E-state index >= 15 is 0 Å². The zero-order valence-electron chi connectivity index (χ0n) is 8.60. The minimum absolute atomic E-state index is 0.0787. The molecule has 2 heterocycles. The fourth-order valence-electron chi connectivity index (χ4n) is 1.22. The molecule has 15 heavy (non-hydrogen) atoms. The van der Waals surface area contributed by atoms with Crippen LogP contribution in [0.2, 0.25) is 0 Å². The first kappa shape index (κ1) is 11.2. The molecule has 0 saturated carbocycles. The van der Waals surface area contributed by atoms with E-state index < -0.39 is 0 Å². The number of amides is 1. The Morgan fingerprint density at radius 3 is 2.67 bits per heavy atom. The van der Waals surface area contributed by atoms with Crippen molar-refractivity contribution in [2.24, 2.45) is 5.92 Å². The van der Waals surface area contributed by atoms with Crippen molar-refractivity contribution in [1.82, 2.24) is 14.9 Å². The van der Waals surface area contributed by atoms with E-state index in [0.29, 0.717) is 0 Å². The van der Waals surface area contributed by atoms with Crippen LogP contribution in [0.3, 0.4) is 0 Å². The maximum absolute atomic E-state index is 10.6. The van der Waals surface area contributed by atoms with Gasteiger partial charge in [0.05, 0.1) is 12.2 Å². The summed E-state index contributed by atoms with van der Waals surface area (Å²) in [5.74, 6) is 0.204. The highest BCUT2D eigenvalue weighted by Crippen LogP contribution is 2.08. The predicted octanol–water partition coefficient (Wildman–Crippen LogP) is 1.29. The zero-order chi connectivity index (χ0) is 11.1. The Kier molecular flexibility index (Phi) is 4.34. The molecule has 2 rings (SSSR count). The Balaban J connectivity index is 0.000000151. The highest BCUT2D eigenvalue weighted by atomic mass is 16.2. The van der Waals surface area contributed by atoms with Gasteiger partial charge in [-0.3, -0.25) is 4.79 Å². The van der Waals surface area contributed by atoms with Gasteiger partial charge in [-0.2, -0.15) is 0 Å². The third-order valence-corrected chi connectivity index (χ3v) is 2.11. The first-order valence-corrected chi connectivity index (χ1v) is 4.78. The molecule has 1 atom stereocenters. The van der Waals surface area contributed by atoms with Crippen LogP contribution in [0.25, 0.3) is 6.20 Å². The third-order valence-electron chi connectivity index (χ3n) is 2.11. The van der Waals surface area contributed by atoms with E-state index in [2.05, 4.69) is 23.5 Å². The van der Waals surface area contributed by atoms with Crippen LogP contribution in [0.4, 0.5) is 0 Å². The number of nitrogens with one attached hydrogen (secondary N) is 1. The molecule has 1 aromatic rings. The van der Waals surface area contributed by atoms with E-state index in [1.807, 2.05) is 6.20 Å². The lowest BCUT2D eigenvalue weighted by Gasteiger charge is -1.93. The monoisotopic (exact) mass is 205 g/mol. The number of aromatic nitrogens is 2. The molecule has 4 nitrogen and oxygen atoms in total. The smallest absolute Gasteiger partial charge is 0.226 e. The standard InChI is InChI=1S/C6H9NO.C5H6N2/c1-2-5-3-4-7-6(5)8;1-2-7-4-3-6-5-7/h2,5H,1,3-4H2,(H,7,8);2-5H,1H2. The van der Waals surface area contributed by atoms with Gasteiger partial charge < -0.3 is 9.88 Å². The number of hydrogen-bond donors (Lipinski definition) is 1. The molecule has 4 heteroatoms. The molecule has 1 unspecified atom stereocenters. The number of carbonyl (C=O) groups is 1. The fourth-order valence-corrected chi connectivity index (χ4v) is 1.22. The molecular formula is C11H15N3O. The predicted molar refractivity (Wildman–Crippen MR) is 59.9 cm³/mol. The number of rotatable bonds is 2. The van der Waals surface area contributed by atoms with Gasteiger partial charge in [-0.15, -0.1) is 6.58 Å². The summed E-state index contributed by atoms with van der Waals surface area (Å²) in [6, 6.07) is 0. The van der Waals surface area contributed by atoms with E-state index in [-0.39, 0.29) is 11.8 Å². The van der Waals surface area contributed by atoms with Crippen LogP contribution in [0, 0.1) is 5.92 Å². The molecule has 80 valence electrons. The lowest BCUT2D eigenvalue weighted by Crippen LogP contribution is -2.17. The van der Waals surface area contributed by atoms with Gasteiger partial charge in [-0.05, 0) is 6.42 Å². The molecule has 0 radical (unpaired) electrons. The van der Waals surface area contributed by atoms with Crippen LogP contribution < -0.4 is 5.32 Å². The molecule has 0 aliphatic carbocycles. The van der Waals surface area contributed by atoms with Crippen LogP contribution in [0.1, 0.15) is 6.42 Å². The Morgan fingerprint density at radius 2 is 2.40 bits per heavy atom. The molecular weight excluding hydrogens is 190 g/mol. The molecule has 1 N–H and O–H groups in total. The summed E-state index contributed by atoms with van der Waals surface area (Å²) in [5.41, 5.74) is 0. The minimum atomic E-state index is 0.0787. The fraction of sp³-hybridized carbons (Fsp3) is 0.273. The van der Waals surface area contributed by atoms with Crippen LogP contribution >= 0.6 is 0 Å². The summed E-state index contributed by atoms with van der Waals surface area (Å²) < 4.78 is 1.78. The van der Waals surface area contributed by atoms with Gasteiger partial charge in [-0.25, -0.2) is 4.98 Å². The maximum atomic E-state index is 10.6. The third kappa shape index (κ3) is 3.42. The number of imidazole rings is 1. The molecule has 1 aliphatic heterocycles. The van der Waals surface area contributed by atoms with Crippen molar-refractivity contribution in [3.63, 3.8) is 0 Å². The molecule has 1 aromatic heterocycles. The largest absolute Gasteiger partial charge is 0.356 e. The summed E-state index contributed by atoms with van der Waals surface area (Å²) >= 11 is 0. The van der Waals surface area contributed by atoms with E-state index in [4.69, 9.17) is 0 Å². The van der Waals surface area contributed by atoms with Gasteiger partial charge in [0.1, 0.15) is 0 Å². The topological polar surface area (TPSA) is 46.9 Å². The van der Waals surface area contributed by atoms with Crippen molar-refractivity contribution in [2.45, 2.75) is 6.42 Å². The molecule has 1 aliphatic rings. The Morgan fingerprint density at radius 1 is 1.60 bits per heavy atom. The average molecular weight is 205 g/mol. The number of nitrogens with zero attached hydrogens (tertiary/aromatic N) is 2. The van der Waals surface area contributed by atoms with Crippen molar-refractivity contribution in [1.29, 1.82) is 0 Å². The summed E-state index contributed by atoms with van der Waals surface area (Å²) in [6.07, 6.45) is 9.53. The number of hydrogen-bond acceptors (Lipinski definition) is 2. The van der Waals surface area contributed by atoms with Crippen LogP contribution in [0.15, 0.2) is 38.0 Å². The van der Waals surface area contributed by atoms with Crippen LogP contribution in [0.5, 0.6) is 0 Å². The summed E-state index contributed by atoms with van der Waals surface area (Å²) in [6.45, 7) is 7.87. The zero-order valence-corrected chi connectivity index (χ0v) is 8.60. The lowest BCUT2D eigenvalue weighted by molar-refractivity contribution is -0.121. The van der Waals surface area contributed by atoms with Gasteiger partial charge in [0.15, 0.2) is 0 Å². The van der Waals surface area contributed by atoms with E-state index in [1.54, 1.807) is 29.4 Å². The first-order chi connectivity index (χ1) is 7.27. The molecule has 0 aromatic carbocycles. The Bertz CT molecular complexity index is 330. The maximum Gasteiger partial charge on any atom is 0.226 e. The molecule has 1 fully saturated rings. The normalized spacial score (nSPS) is 18.7. The van der Waals surface area contributed by atoms with Crippen molar-refractivity contribution in [3.05, 3.63) is 38.0 Å². The summed E-state index contributed by atoms with van der Waals surface area (Å²) in [7, 11) is 0. The molecule has 1 amide bonds. The van der Waals surface area contributed by atoms with Gasteiger partial charge in [0, 0.05) is 25.1 Å². The number of carbonyl (C=O) groups excluding carboxylic acids is 1. The van der Waals surface area contributed by atoms with Crippen LogP contribution in [-0.2, 0) is 4.79 Å². The van der Waals surface area contributed by atoms with Crippen molar-refractivity contribution < 1.29 is 4.79 Å². The van der Waals surface area contributed by atoms with Gasteiger partial charge in [0.25, 0.3) is 0 Å².